The predicted octanol–water partition coefficient (Wildman–Crippen LogP) is 2.69. The first-order valence-electron chi connectivity index (χ1n) is 8.95. The third-order valence-electron chi connectivity index (χ3n) is 5.21. The Kier molecular flexibility index (Phi) is 10.7. The van der Waals surface area contributed by atoms with E-state index in [0.717, 1.165) is 0 Å². The van der Waals surface area contributed by atoms with Crippen molar-refractivity contribution in [2.45, 2.75) is 44.6 Å². The van der Waals surface area contributed by atoms with Crippen LogP contribution in [0.25, 0.3) is 0 Å². The third kappa shape index (κ3) is 4.92. The Morgan fingerprint density at radius 3 is 1.32 bits per heavy atom. The Labute approximate surface area is 173 Å². The van der Waals surface area contributed by atoms with E-state index >= 15 is 0 Å². The van der Waals surface area contributed by atoms with E-state index in [9.17, 15) is 0 Å². The van der Waals surface area contributed by atoms with Crippen molar-refractivity contribution < 1.29 is 35.4 Å². The molecule has 11 heteroatoms. The van der Waals surface area contributed by atoms with Crippen LogP contribution in [0.2, 0.25) is 0 Å². The van der Waals surface area contributed by atoms with Gasteiger partial charge in [-0.3, -0.25) is 0 Å². The van der Waals surface area contributed by atoms with Gasteiger partial charge in [-0.15, -0.1) is 13.2 Å². The topological polar surface area (TPSA) is 73.8 Å². The zero-order valence-electron chi connectivity index (χ0n) is 19.0. The highest BCUT2D eigenvalue weighted by Gasteiger charge is 2.64. The number of hydrogen-bond acceptors (Lipinski definition) is 8. The molecule has 0 rings (SSSR count). The van der Waals surface area contributed by atoms with Crippen molar-refractivity contribution in [1.82, 2.24) is 0 Å². The molecule has 0 saturated heterocycles. The van der Waals surface area contributed by atoms with Crippen LogP contribution in [0.3, 0.4) is 0 Å². The fourth-order valence-electron chi connectivity index (χ4n) is 3.16. The molecule has 28 heavy (non-hydrogen) atoms. The maximum Gasteiger partial charge on any atom is 0.679 e. The summed E-state index contributed by atoms with van der Waals surface area (Å²) in [4.78, 5) is 0. The molecule has 0 aromatic rings. The highest BCUT2D eigenvalue weighted by Crippen LogP contribution is 2.39. The fourth-order valence-corrected chi connectivity index (χ4v) is 11.2. The van der Waals surface area contributed by atoms with Crippen LogP contribution in [0.15, 0.2) is 24.6 Å². The quantitative estimate of drug-likeness (QED) is 0.350. The van der Waals surface area contributed by atoms with Crippen LogP contribution in [0, 0.1) is 0 Å². The second-order valence-electron chi connectivity index (χ2n) is 6.77. The molecule has 0 saturated carbocycles. The van der Waals surface area contributed by atoms with Gasteiger partial charge in [-0.2, -0.15) is 0 Å². The van der Waals surface area contributed by atoms with Gasteiger partial charge in [-0.05, 0) is 38.6 Å². The van der Waals surface area contributed by atoms with Gasteiger partial charge in [0.2, 0.25) is 0 Å². The van der Waals surface area contributed by atoms with Gasteiger partial charge in [0.1, 0.15) is 10.4 Å². The molecule has 0 aliphatic rings. The van der Waals surface area contributed by atoms with Gasteiger partial charge in [-0.1, -0.05) is 6.92 Å². The highest BCUT2D eigenvalue weighted by atomic mass is 28.4. The lowest BCUT2D eigenvalue weighted by atomic mass is 10.3. The van der Waals surface area contributed by atoms with E-state index in [1.807, 2.05) is 27.7 Å². The zero-order chi connectivity index (χ0) is 22.3. The first kappa shape index (κ1) is 27.8. The van der Waals surface area contributed by atoms with Crippen molar-refractivity contribution in [1.29, 1.82) is 0 Å². The van der Waals surface area contributed by atoms with E-state index in [1.54, 1.807) is 32.7 Å². The van der Waals surface area contributed by atoms with E-state index < -0.39 is 36.6 Å². The van der Waals surface area contributed by atoms with E-state index in [-0.39, 0.29) is 0 Å². The molecule has 0 fully saturated rings. The van der Waals surface area contributed by atoms with Gasteiger partial charge in [0.25, 0.3) is 0 Å². The molecule has 0 aromatic heterocycles. The lowest BCUT2D eigenvalue weighted by Gasteiger charge is -2.50. The summed E-state index contributed by atoms with van der Waals surface area (Å²) in [6.45, 7) is 15.5. The Hall–Kier alpha value is -0.189. The number of hydrogen-bond donors (Lipinski definition) is 0. The zero-order valence-corrected chi connectivity index (χ0v) is 22.0. The lowest BCUT2D eigenvalue weighted by molar-refractivity contribution is -0.0543. The third-order valence-corrected chi connectivity index (χ3v) is 15.2. The maximum absolute atomic E-state index is 6.73. The molecular weight excluding hydrogens is 416 g/mol. The van der Waals surface area contributed by atoms with Crippen LogP contribution >= 0.6 is 0 Å². The first-order chi connectivity index (χ1) is 13.0. The summed E-state index contributed by atoms with van der Waals surface area (Å²) in [5.74, 6) is 0. The van der Waals surface area contributed by atoms with Crippen LogP contribution < -0.4 is 0 Å². The molecule has 0 aromatic carbocycles. The fraction of sp³-hybridized carbons (Fsp3) is 0.765. The van der Waals surface area contributed by atoms with Gasteiger partial charge in [-0.25, -0.2) is 0 Å². The van der Waals surface area contributed by atoms with Gasteiger partial charge in [0.05, 0.1) is 0 Å². The molecule has 0 spiro atoms. The minimum atomic E-state index is -3.40. The molecule has 0 aliphatic heterocycles. The molecule has 0 amide bonds. The van der Waals surface area contributed by atoms with E-state index in [1.165, 1.54) is 21.3 Å². The molecule has 2 unspecified atom stereocenters. The van der Waals surface area contributed by atoms with Gasteiger partial charge < -0.3 is 35.4 Å². The summed E-state index contributed by atoms with van der Waals surface area (Å²) in [5, 5.41) is -1.82. The van der Waals surface area contributed by atoms with Crippen LogP contribution in [-0.2, 0) is 35.4 Å². The van der Waals surface area contributed by atoms with E-state index in [4.69, 9.17) is 35.4 Å². The molecule has 0 aliphatic carbocycles. The Morgan fingerprint density at radius 2 is 1.07 bits per heavy atom. The van der Waals surface area contributed by atoms with Crippen LogP contribution in [0.1, 0.15) is 34.1 Å². The summed E-state index contributed by atoms with van der Waals surface area (Å²) in [7, 11) is -0.457. The van der Waals surface area contributed by atoms with Crippen LogP contribution in [0.4, 0.5) is 0 Å². The molecule has 0 N–H and O–H groups in total. The summed E-state index contributed by atoms with van der Waals surface area (Å²) in [5.41, 5.74) is 3.38. The Morgan fingerprint density at radius 1 is 0.679 bits per heavy atom. The Balaban J connectivity index is 6.35. The lowest BCUT2D eigenvalue weighted by Crippen LogP contribution is -2.71. The molecule has 166 valence electrons. The molecular formula is C17H38O8Si3. The molecule has 0 bridgehead atoms. The Bertz CT molecular complexity index is 502. The standard InChI is InChI=1S/C17H38O8Si3/c1-13-17(6,27(15-3,19-8)20-9)25-26(14-2,18-7)16(4,5)24-28(21-10,22-11)23-12/h14-15H,2-3,13H2,1,4-12H3. The minimum Gasteiger partial charge on any atom is -0.393 e. The number of rotatable bonds is 15. The predicted molar refractivity (Wildman–Crippen MR) is 115 cm³/mol. The van der Waals surface area contributed by atoms with Crippen LogP contribution in [0.5, 0.6) is 0 Å². The first-order valence-corrected chi connectivity index (χ1v) is 14.4. The van der Waals surface area contributed by atoms with Crippen molar-refractivity contribution in [3.05, 3.63) is 24.6 Å². The van der Waals surface area contributed by atoms with Gasteiger partial charge in [0, 0.05) is 42.7 Å². The van der Waals surface area contributed by atoms with Crippen molar-refractivity contribution in [3.8, 4) is 0 Å². The highest BCUT2D eigenvalue weighted by molar-refractivity contribution is 6.80. The molecule has 2 atom stereocenters. The van der Waals surface area contributed by atoms with Crippen molar-refractivity contribution in [2.24, 2.45) is 0 Å². The van der Waals surface area contributed by atoms with Gasteiger partial charge in [0.15, 0.2) is 0 Å². The van der Waals surface area contributed by atoms with Crippen molar-refractivity contribution in [2.75, 3.05) is 42.7 Å². The average molecular weight is 455 g/mol. The second-order valence-corrected chi connectivity index (χ2v) is 16.4. The molecule has 0 heterocycles. The second kappa shape index (κ2) is 10.7. The average Bonchev–Trinajstić information content (AvgIpc) is 2.71. The normalized spacial score (nSPS) is 17.6. The summed E-state index contributed by atoms with van der Waals surface area (Å²) < 4.78 is 46.8. The minimum absolute atomic E-state index is 0.594. The van der Waals surface area contributed by atoms with E-state index in [2.05, 4.69) is 13.2 Å². The van der Waals surface area contributed by atoms with E-state index in [0.29, 0.717) is 6.42 Å². The molecule has 0 radical (unpaired) electrons. The smallest absolute Gasteiger partial charge is 0.393 e. The summed E-state index contributed by atoms with van der Waals surface area (Å²) >= 11 is 0. The van der Waals surface area contributed by atoms with Crippen molar-refractivity contribution >= 4 is 26.2 Å². The van der Waals surface area contributed by atoms with Gasteiger partial charge >= 0.3 is 26.2 Å². The van der Waals surface area contributed by atoms with Crippen LogP contribution in [-0.4, -0.2) is 79.3 Å². The summed E-state index contributed by atoms with van der Waals surface area (Å²) in [6.07, 6.45) is 0.594. The molecule has 8 nitrogen and oxygen atoms in total. The summed E-state index contributed by atoms with van der Waals surface area (Å²) in [6, 6.07) is 0. The largest absolute Gasteiger partial charge is 0.679 e. The monoisotopic (exact) mass is 454 g/mol. The van der Waals surface area contributed by atoms with Crippen molar-refractivity contribution in [3.63, 3.8) is 0 Å². The maximum atomic E-state index is 6.73. The SMILES string of the molecule is C=C[Si](OC)(OC(C)(CC)[Si](C=C)(OC)OC)C(C)(C)O[Si](OC)(OC)OC.